The average molecular weight is 331 g/mol. The number of aliphatic carboxylic acids is 1. The third-order valence-corrected chi connectivity index (χ3v) is 4.55. The molecule has 0 aromatic carbocycles. The Labute approximate surface area is 143 Å². The molecule has 0 bridgehead atoms. The summed E-state index contributed by atoms with van der Waals surface area (Å²) in [6.45, 7) is 12.4. The molecule has 1 aliphatic carbocycles. The predicted octanol–water partition coefficient (Wildman–Crippen LogP) is 6.65. The second-order valence-corrected chi connectivity index (χ2v) is 6.80. The van der Waals surface area contributed by atoms with Crippen LogP contribution in [0, 0.1) is 17.3 Å². The lowest BCUT2D eigenvalue weighted by Crippen LogP contribution is -2.30. The Morgan fingerprint density at radius 2 is 1.83 bits per heavy atom. The molecule has 1 N–H and O–H groups in total. The molecule has 0 amide bonds. The van der Waals surface area contributed by atoms with Crippen LogP contribution < -0.4 is 0 Å². The smallest absolute Gasteiger partial charge is 0.303 e. The highest BCUT2D eigenvalue weighted by Gasteiger charge is 2.33. The molecule has 1 saturated carbocycles. The normalized spacial score (nSPS) is 22.6. The minimum atomic E-state index is -0.689. The van der Waals surface area contributed by atoms with Crippen LogP contribution in [0.25, 0.3) is 0 Å². The van der Waals surface area contributed by atoms with Crippen molar-refractivity contribution in [3.63, 3.8) is 0 Å². The Bertz CT molecular complexity index is 311. The van der Waals surface area contributed by atoms with E-state index < -0.39 is 5.97 Å². The Morgan fingerprint density at radius 3 is 2.30 bits per heavy atom. The van der Waals surface area contributed by atoms with Crippen molar-refractivity contribution in [2.45, 2.75) is 86.5 Å². The van der Waals surface area contributed by atoms with Crippen LogP contribution in [0.15, 0.2) is 12.2 Å². The zero-order valence-electron chi connectivity index (χ0n) is 16.2. The topological polar surface area (TPSA) is 37.3 Å². The molecule has 0 aromatic heterocycles. The standard InChI is InChI=1S/C16H28O2.C2H5F.C2H6/c1-13-10-11-14(12-16(13,2)3)8-6-4-5-7-9-15(17)18;1-2-3;1-2/h4,6,13-14H,5,7-12H2,1-3H3,(H,17,18);2H2,1H3;1-2H3/b6-4-;;/t13-,14+;;/m1../s1. The summed E-state index contributed by atoms with van der Waals surface area (Å²) >= 11 is 0. The van der Waals surface area contributed by atoms with Gasteiger partial charge in [0.2, 0.25) is 0 Å². The highest BCUT2D eigenvalue weighted by molar-refractivity contribution is 5.66. The molecular formula is C20H39FO2. The third kappa shape index (κ3) is 13.3. The van der Waals surface area contributed by atoms with Crippen LogP contribution in [-0.2, 0) is 4.79 Å². The van der Waals surface area contributed by atoms with Gasteiger partial charge in [0.15, 0.2) is 0 Å². The Kier molecular flexibility index (Phi) is 15.6. The van der Waals surface area contributed by atoms with Crippen LogP contribution in [-0.4, -0.2) is 17.8 Å². The highest BCUT2D eigenvalue weighted by Crippen LogP contribution is 2.44. The summed E-state index contributed by atoms with van der Waals surface area (Å²) in [4.78, 5) is 10.4. The van der Waals surface area contributed by atoms with E-state index in [1.807, 2.05) is 13.8 Å². The van der Waals surface area contributed by atoms with Crippen LogP contribution in [0.1, 0.15) is 86.5 Å². The third-order valence-electron chi connectivity index (χ3n) is 4.55. The molecule has 0 aromatic rings. The van der Waals surface area contributed by atoms with Gasteiger partial charge in [-0.2, -0.15) is 0 Å². The second-order valence-electron chi connectivity index (χ2n) is 6.80. The van der Waals surface area contributed by atoms with Crippen molar-refractivity contribution in [1.29, 1.82) is 0 Å². The number of carboxylic acids is 1. The van der Waals surface area contributed by atoms with Gasteiger partial charge in [0, 0.05) is 6.42 Å². The monoisotopic (exact) mass is 330 g/mol. The van der Waals surface area contributed by atoms with Crippen LogP contribution in [0.3, 0.4) is 0 Å². The average Bonchev–Trinajstić information content (AvgIpc) is 2.49. The first kappa shape index (κ1) is 24.4. The van der Waals surface area contributed by atoms with Gasteiger partial charge in [-0.25, -0.2) is 0 Å². The van der Waals surface area contributed by atoms with E-state index in [-0.39, 0.29) is 13.1 Å². The summed E-state index contributed by atoms with van der Waals surface area (Å²) in [6, 6.07) is 0. The molecule has 2 atom stereocenters. The quantitative estimate of drug-likeness (QED) is 0.437. The van der Waals surface area contributed by atoms with Gasteiger partial charge in [-0.3, -0.25) is 9.18 Å². The SMILES string of the molecule is CC.CCF.C[C@@H]1CC[C@H](C/C=C\CCCC(=O)O)CC1(C)C. The van der Waals surface area contributed by atoms with E-state index in [2.05, 4.69) is 32.9 Å². The van der Waals surface area contributed by atoms with Crippen LogP contribution in [0.2, 0.25) is 0 Å². The molecule has 23 heavy (non-hydrogen) atoms. The van der Waals surface area contributed by atoms with Crippen molar-refractivity contribution < 1.29 is 14.3 Å². The largest absolute Gasteiger partial charge is 0.481 e. The van der Waals surface area contributed by atoms with E-state index in [9.17, 15) is 9.18 Å². The Hall–Kier alpha value is -0.860. The maximum atomic E-state index is 10.4. The minimum Gasteiger partial charge on any atom is -0.481 e. The van der Waals surface area contributed by atoms with Gasteiger partial charge in [0.1, 0.15) is 0 Å². The number of hydrogen-bond acceptors (Lipinski definition) is 1. The van der Waals surface area contributed by atoms with Crippen molar-refractivity contribution in [3.05, 3.63) is 12.2 Å². The number of allylic oxidation sites excluding steroid dienone is 2. The highest BCUT2D eigenvalue weighted by atomic mass is 19.1. The molecule has 2 nitrogen and oxygen atoms in total. The van der Waals surface area contributed by atoms with Crippen molar-refractivity contribution in [2.24, 2.45) is 17.3 Å². The molecule has 138 valence electrons. The van der Waals surface area contributed by atoms with Gasteiger partial charge in [0.05, 0.1) is 6.67 Å². The van der Waals surface area contributed by atoms with E-state index in [0.29, 0.717) is 5.41 Å². The fraction of sp³-hybridized carbons (Fsp3) is 0.850. The zero-order chi connectivity index (χ0) is 18.3. The first-order valence-electron chi connectivity index (χ1n) is 9.26. The van der Waals surface area contributed by atoms with Gasteiger partial charge in [-0.15, -0.1) is 0 Å². The van der Waals surface area contributed by atoms with E-state index in [1.165, 1.54) is 32.6 Å². The van der Waals surface area contributed by atoms with Crippen LogP contribution >= 0.6 is 0 Å². The van der Waals surface area contributed by atoms with E-state index >= 15 is 0 Å². The van der Waals surface area contributed by atoms with Crippen LogP contribution in [0.5, 0.6) is 0 Å². The number of halogens is 1. The lowest BCUT2D eigenvalue weighted by Gasteiger charge is -2.40. The predicted molar refractivity (Wildman–Crippen MR) is 98.5 cm³/mol. The van der Waals surface area contributed by atoms with Crippen molar-refractivity contribution in [3.8, 4) is 0 Å². The fourth-order valence-corrected chi connectivity index (χ4v) is 2.90. The summed E-state index contributed by atoms with van der Waals surface area (Å²) in [7, 11) is 0. The Balaban J connectivity index is 0. The van der Waals surface area contributed by atoms with Gasteiger partial charge >= 0.3 is 5.97 Å². The number of carbonyl (C=O) groups is 1. The van der Waals surface area contributed by atoms with Crippen molar-refractivity contribution in [1.82, 2.24) is 0 Å². The van der Waals surface area contributed by atoms with Gasteiger partial charge in [-0.05, 0) is 62.7 Å². The van der Waals surface area contributed by atoms with Gasteiger partial charge in [-0.1, -0.05) is 46.8 Å². The molecule has 1 fully saturated rings. The number of unbranched alkanes of at least 4 members (excludes halogenated alkanes) is 1. The molecule has 0 heterocycles. The van der Waals surface area contributed by atoms with Gasteiger partial charge in [0.25, 0.3) is 0 Å². The summed E-state index contributed by atoms with van der Waals surface area (Å²) in [6.07, 6.45) is 11.6. The molecule has 0 spiro atoms. The minimum absolute atomic E-state index is 0.250. The lowest BCUT2D eigenvalue weighted by atomic mass is 9.65. The van der Waals surface area contributed by atoms with Crippen molar-refractivity contribution >= 4 is 5.97 Å². The lowest BCUT2D eigenvalue weighted by molar-refractivity contribution is -0.137. The fourth-order valence-electron chi connectivity index (χ4n) is 2.90. The zero-order valence-corrected chi connectivity index (χ0v) is 16.2. The first-order chi connectivity index (χ1) is 10.8. The molecule has 1 aliphatic rings. The molecule has 3 heteroatoms. The number of rotatable bonds is 6. The number of alkyl halides is 1. The van der Waals surface area contributed by atoms with E-state index in [0.717, 1.165) is 24.7 Å². The van der Waals surface area contributed by atoms with Crippen LogP contribution in [0.4, 0.5) is 4.39 Å². The number of carboxylic acid groups (broad SMARTS) is 1. The molecule has 0 unspecified atom stereocenters. The second kappa shape index (κ2) is 14.7. The summed E-state index contributed by atoms with van der Waals surface area (Å²) in [5.41, 5.74) is 0.486. The van der Waals surface area contributed by atoms with E-state index in [4.69, 9.17) is 5.11 Å². The maximum absolute atomic E-state index is 10.4. The Morgan fingerprint density at radius 1 is 1.26 bits per heavy atom. The van der Waals surface area contributed by atoms with Crippen molar-refractivity contribution in [2.75, 3.05) is 6.67 Å². The summed E-state index contributed by atoms with van der Waals surface area (Å²) in [5, 5.41) is 8.53. The summed E-state index contributed by atoms with van der Waals surface area (Å²) < 4.78 is 10.3. The molecule has 1 rings (SSSR count). The van der Waals surface area contributed by atoms with E-state index in [1.54, 1.807) is 0 Å². The summed E-state index contributed by atoms with van der Waals surface area (Å²) in [5.74, 6) is 0.978. The molecule has 0 aliphatic heterocycles. The molecule has 0 saturated heterocycles. The molecule has 0 radical (unpaired) electrons. The number of hydrogen-bond donors (Lipinski definition) is 1. The first-order valence-corrected chi connectivity index (χ1v) is 9.26. The molecular weight excluding hydrogens is 291 g/mol. The maximum Gasteiger partial charge on any atom is 0.303 e. The van der Waals surface area contributed by atoms with Gasteiger partial charge < -0.3 is 5.11 Å².